The number of hydrogen-bond acceptors (Lipinski definition) is 0. The first-order valence-electron chi connectivity index (χ1n) is 16.5. The minimum atomic E-state index is -2.21. The normalized spacial score (nSPS) is 20.9. The predicted molar refractivity (Wildman–Crippen MR) is 198 cm³/mol. The Morgan fingerprint density at radius 2 is 1.00 bits per heavy atom. The van der Waals surface area contributed by atoms with E-state index in [1.54, 1.807) is 0 Å². The molecular weight excluding hydrogens is 557 g/mol. The zero-order valence-electron chi connectivity index (χ0n) is 26.8. The molecule has 0 aromatic heterocycles. The van der Waals surface area contributed by atoms with E-state index in [4.69, 9.17) is 0 Å². The van der Waals surface area contributed by atoms with Crippen LogP contribution in [0.1, 0.15) is 35.1 Å². The minimum Gasteiger partial charge on any atom is -0.0801 e. The van der Waals surface area contributed by atoms with Crippen molar-refractivity contribution >= 4 is 40.8 Å². The minimum absolute atomic E-state index is 0.370. The Kier molecular flexibility index (Phi) is 6.77. The lowest BCUT2D eigenvalue weighted by atomic mass is 9.93. The van der Waals surface area contributed by atoms with Crippen LogP contribution in [-0.4, -0.2) is 8.07 Å². The molecular formula is C44H40Si. The van der Waals surface area contributed by atoms with Gasteiger partial charge in [-0.2, -0.15) is 0 Å². The second-order valence-electron chi connectivity index (χ2n) is 13.9. The zero-order chi connectivity index (χ0) is 30.7. The molecule has 0 bridgehead atoms. The van der Waals surface area contributed by atoms with Crippen molar-refractivity contribution in [2.24, 2.45) is 0 Å². The van der Waals surface area contributed by atoms with Crippen LogP contribution in [0.15, 0.2) is 156 Å². The molecule has 0 nitrogen and oxygen atoms in total. The average Bonchev–Trinajstić information content (AvgIpc) is 3.39. The molecule has 8 rings (SSSR count). The van der Waals surface area contributed by atoms with Crippen molar-refractivity contribution in [3.8, 4) is 0 Å². The highest BCUT2D eigenvalue weighted by Crippen LogP contribution is 2.61. The van der Waals surface area contributed by atoms with Gasteiger partial charge in [-0.25, -0.2) is 0 Å². The van der Waals surface area contributed by atoms with Gasteiger partial charge in [0.1, 0.15) is 0 Å². The molecule has 0 saturated carbocycles. The Hall–Kier alpha value is -4.46. The van der Waals surface area contributed by atoms with Crippen molar-refractivity contribution in [3.05, 3.63) is 178 Å². The summed E-state index contributed by atoms with van der Waals surface area (Å²) in [6.07, 6.45) is 25.7. The van der Waals surface area contributed by atoms with E-state index < -0.39 is 8.07 Å². The fourth-order valence-corrected chi connectivity index (χ4v) is 13.3. The Bertz CT molecular complexity index is 2000. The largest absolute Gasteiger partial charge is 0.0801 e. The van der Waals surface area contributed by atoms with Gasteiger partial charge < -0.3 is 0 Å². The lowest BCUT2D eigenvalue weighted by Gasteiger charge is -2.41. The second-order valence-corrected chi connectivity index (χ2v) is 18.7. The molecule has 0 radical (unpaired) electrons. The molecule has 4 aromatic carbocycles. The van der Waals surface area contributed by atoms with Crippen LogP contribution in [0, 0.1) is 13.8 Å². The first-order chi connectivity index (χ1) is 21.9. The highest BCUT2D eigenvalue weighted by Gasteiger charge is 2.49. The van der Waals surface area contributed by atoms with Crippen molar-refractivity contribution in [1.82, 2.24) is 0 Å². The lowest BCUT2D eigenvalue weighted by molar-refractivity contribution is 1.10. The van der Waals surface area contributed by atoms with Gasteiger partial charge in [-0.3, -0.25) is 0 Å². The van der Waals surface area contributed by atoms with E-state index >= 15 is 0 Å². The van der Waals surface area contributed by atoms with Gasteiger partial charge in [0.05, 0.1) is 8.07 Å². The maximum Gasteiger partial charge on any atom is 0.0730 e. The lowest BCUT2D eigenvalue weighted by Crippen LogP contribution is -2.40. The first-order valence-corrected chi connectivity index (χ1v) is 19.6. The van der Waals surface area contributed by atoms with Crippen LogP contribution in [0.3, 0.4) is 0 Å². The molecule has 0 N–H and O–H groups in total. The highest BCUT2D eigenvalue weighted by atomic mass is 28.3. The van der Waals surface area contributed by atoms with Gasteiger partial charge in [-0.15, -0.1) is 0 Å². The zero-order valence-corrected chi connectivity index (χ0v) is 27.8. The molecule has 1 heteroatoms. The standard InChI is InChI=1S/C44H40Si/c1-29-23-31-17-11-13-19-35(31)39(25-29)41-27-33-15-7-5-9-21-37(33)43(41)45(3,4)44-38-22-10-6-8-16-34(38)28-42(44)40-26-30(2)24-32-18-12-14-20-36(32)40/h5-14,17-28,43-44H,15-16H2,1-4H3. The molecule has 45 heavy (non-hydrogen) atoms. The van der Waals surface area contributed by atoms with Crippen LogP contribution in [0.4, 0.5) is 0 Å². The van der Waals surface area contributed by atoms with Crippen molar-refractivity contribution in [2.45, 2.75) is 50.9 Å². The van der Waals surface area contributed by atoms with E-state index in [1.165, 1.54) is 77.2 Å². The molecule has 0 spiro atoms. The van der Waals surface area contributed by atoms with Crippen molar-refractivity contribution in [2.75, 3.05) is 0 Å². The third kappa shape index (κ3) is 4.64. The number of fused-ring (bicyclic) bond motifs is 2. The maximum absolute atomic E-state index is 2.68. The first kappa shape index (κ1) is 28.0. The van der Waals surface area contributed by atoms with Crippen LogP contribution in [0.25, 0.3) is 32.7 Å². The molecule has 0 saturated heterocycles. The monoisotopic (exact) mass is 596 g/mol. The quantitative estimate of drug-likeness (QED) is 0.206. The maximum atomic E-state index is 2.68. The van der Waals surface area contributed by atoms with E-state index in [2.05, 4.69) is 160 Å². The summed E-state index contributed by atoms with van der Waals surface area (Å²) < 4.78 is 0. The van der Waals surface area contributed by atoms with Crippen molar-refractivity contribution < 1.29 is 0 Å². The molecule has 0 fully saturated rings. The van der Waals surface area contributed by atoms with Gasteiger partial charge in [0.2, 0.25) is 0 Å². The molecule has 0 aliphatic heterocycles. The van der Waals surface area contributed by atoms with Gasteiger partial charge >= 0.3 is 0 Å². The Labute approximate surface area is 268 Å². The fraction of sp³-hybridized carbons (Fsp3) is 0.182. The summed E-state index contributed by atoms with van der Waals surface area (Å²) in [6.45, 7) is 9.88. The van der Waals surface area contributed by atoms with E-state index in [0.29, 0.717) is 11.1 Å². The van der Waals surface area contributed by atoms with Crippen LogP contribution in [0.5, 0.6) is 0 Å². The van der Waals surface area contributed by atoms with Gasteiger partial charge in [0, 0.05) is 11.1 Å². The summed E-state index contributed by atoms with van der Waals surface area (Å²) in [6, 6.07) is 27.6. The van der Waals surface area contributed by atoms with E-state index in [1.807, 2.05) is 0 Å². The highest BCUT2D eigenvalue weighted by molar-refractivity contribution is 6.85. The number of allylic oxidation sites excluding steroid dienone is 16. The predicted octanol–water partition coefficient (Wildman–Crippen LogP) is 12.2. The van der Waals surface area contributed by atoms with Crippen LogP contribution < -0.4 is 0 Å². The molecule has 220 valence electrons. The summed E-state index contributed by atoms with van der Waals surface area (Å²) in [5.41, 5.74) is 15.3. The molecule has 0 heterocycles. The second kappa shape index (κ2) is 10.9. The fourth-order valence-electron chi connectivity index (χ4n) is 8.68. The smallest absolute Gasteiger partial charge is 0.0730 e. The van der Waals surface area contributed by atoms with E-state index in [9.17, 15) is 0 Å². The van der Waals surface area contributed by atoms with Gasteiger partial charge in [-0.1, -0.05) is 147 Å². The molecule has 0 amide bonds. The Morgan fingerprint density at radius 3 is 1.47 bits per heavy atom. The van der Waals surface area contributed by atoms with E-state index in [-0.39, 0.29) is 0 Å². The number of rotatable bonds is 4. The number of benzene rings is 4. The van der Waals surface area contributed by atoms with Crippen LogP contribution >= 0.6 is 0 Å². The van der Waals surface area contributed by atoms with Crippen molar-refractivity contribution in [3.63, 3.8) is 0 Å². The summed E-state index contributed by atoms with van der Waals surface area (Å²) in [4.78, 5) is 0. The van der Waals surface area contributed by atoms with E-state index in [0.717, 1.165) is 12.8 Å². The van der Waals surface area contributed by atoms with Gasteiger partial charge in [0.25, 0.3) is 0 Å². The SMILES string of the molecule is Cc1cc(C2=CC3=C(C=CC=CC3)C2[Si](C)(C)C2C(c3cc(C)cc4ccccc34)=CC3=C2C=CC=CC3)c2ccccc2c1. The average molecular weight is 597 g/mol. The van der Waals surface area contributed by atoms with Crippen LogP contribution in [0.2, 0.25) is 24.2 Å². The van der Waals surface area contributed by atoms with Gasteiger partial charge in [-0.05, 0) is 104 Å². The molecule has 2 unspecified atom stereocenters. The topological polar surface area (TPSA) is 0 Å². The summed E-state index contributed by atoms with van der Waals surface area (Å²) in [5, 5.41) is 5.40. The Morgan fingerprint density at radius 1 is 0.556 bits per heavy atom. The molecule has 4 aliphatic carbocycles. The molecule has 4 aliphatic rings. The molecule has 2 atom stereocenters. The van der Waals surface area contributed by atoms with Crippen molar-refractivity contribution in [1.29, 1.82) is 0 Å². The van der Waals surface area contributed by atoms with Gasteiger partial charge in [0.15, 0.2) is 0 Å². The number of aryl methyl sites for hydroxylation is 2. The third-order valence-electron chi connectivity index (χ3n) is 10.5. The Balaban J connectivity index is 1.36. The summed E-state index contributed by atoms with van der Waals surface area (Å²) in [5.74, 6) is 0. The summed E-state index contributed by atoms with van der Waals surface area (Å²) in [7, 11) is -2.21. The molecule has 4 aromatic rings. The third-order valence-corrected chi connectivity index (χ3v) is 14.7. The van der Waals surface area contributed by atoms with Crippen LogP contribution in [-0.2, 0) is 0 Å². The summed E-state index contributed by atoms with van der Waals surface area (Å²) >= 11 is 0. The number of hydrogen-bond donors (Lipinski definition) is 0.